The van der Waals surface area contributed by atoms with E-state index in [1.807, 2.05) is 13.8 Å². The molecule has 0 spiro atoms. The lowest BCUT2D eigenvalue weighted by Crippen LogP contribution is -2.55. The van der Waals surface area contributed by atoms with Crippen LogP contribution >= 0.6 is 0 Å². The number of piperazine rings is 1. The molecule has 0 aliphatic carbocycles. The van der Waals surface area contributed by atoms with Crippen LogP contribution in [-0.4, -0.2) is 74.2 Å². The van der Waals surface area contributed by atoms with Crippen LogP contribution in [0.1, 0.15) is 27.2 Å². The molecule has 2 atom stereocenters. The summed E-state index contributed by atoms with van der Waals surface area (Å²) in [6, 6.07) is 0.544. The summed E-state index contributed by atoms with van der Waals surface area (Å²) in [6.07, 6.45) is 0.779. The molecule has 2 unspecified atom stereocenters. The summed E-state index contributed by atoms with van der Waals surface area (Å²) in [6.45, 7) is 11.1. The second kappa shape index (κ2) is 7.22. The highest BCUT2D eigenvalue weighted by atomic mass is 16.5. The molecule has 0 aromatic carbocycles. The van der Waals surface area contributed by atoms with E-state index in [-0.39, 0.29) is 5.97 Å². The molecule has 1 rings (SSSR count). The lowest BCUT2D eigenvalue weighted by atomic mass is 9.96. The Bertz CT molecular complexity index is 298. The van der Waals surface area contributed by atoms with Gasteiger partial charge in [-0.15, -0.1) is 0 Å². The molecular formula is C14H29N3O2. The predicted octanol–water partition coefficient (Wildman–Crippen LogP) is 0.554. The zero-order chi connectivity index (χ0) is 14.5. The molecular weight excluding hydrogens is 242 g/mol. The van der Waals surface area contributed by atoms with E-state index >= 15 is 0 Å². The van der Waals surface area contributed by atoms with E-state index in [0.717, 1.165) is 39.1 Å². The summed E-state index contributed by atoms with van der Waals surface area (Å²) in [7, 11) is 3.61. The highest BCUT2D eigenvalue weighted by molar-refractivity contribution is 5.80. The molecule has 0 bridgehead atoms. The minimum atomic E-state index is -0.577. The molecule has 0 aromatic rings. The Kier molecular flexibility index (Phi) is 6.23. The van der Waals surface area contributed by atoms with Crippen LogP contribution in [0.2, 0.25) is 0 Å². The van der Waals surface area contributed by atoms with Crippen LogP contribution in [0.25, 0.3) is 0 Å². The quantitative estimate of drug-likeness (QED) is 0.715. The molecule has 112 valence electrons. The van der Waals surface area contributed by atoms with Crippen molar-refractivity contribution >= 4 is 5.97 Å². The number of ether oxygens (including phenoxy) is 1. The Hall–Kier alpha value is -0.650. The van der Waals surface area contributed by atoms with Crippen LogP contribution < -0.4 is 5.32 Å². The van der Waals surface area contributed by atoms with Gasteiger partial charge in [0.2, 0.25) is 0 Å². The van der Waals surface area contributed by atoms with Gasteiger partial charge in [0, 0.05) is 32.2 Å². The van der Waals surface area contributed by atoms with Gasteiger partial charge in [-0.1, -0.05) is 6.92 Å². The molecule has 1 saturated heterocycles. The number of nitrogens with zero attached hydrogens (tertiary/aromatic N) is 2. The van der Waals surface area contributed by atoms with Crippen molar-refractivity contribution in [1.29, 1.82) is 0 Å². The van der Waals surface area contributed by atoms with Crippen molar-refractivity contribution in [3.8, 4) is 0 Å². The van der Waals surface area contributed by atoms with Gasteiger partial charge in [0.05, 0.1) is 7.11 Å². The summed E-state index contributed by atoms with van der Waals surface area (Å²) in [4.78, 5) is 16.7. The number of hydrogen-bond acceptors (Lipinski definition) is 5. The van der Waals surface area contributed by atoms with Crippen molar-refractivity contribution < 1.29 is 9.53 Å². The zero-order valence-electron chi connectivity index (χ0n) is 13.0. The second-order valence-electron chi connectivity index (χ2n) is 5.75. The molecule has 0 amide bonds. The fourth-order valence-electron chi connectivity index (χ4n) is 2.75. The highest BCUT2D eigenvalue weighted by Gasteiger charge is 2.34. The third-order valence-corrected chi connectivity index (χ3v) is 4.07. The number of hydrogen-bond donors (Lipinski definition) is 1. The van der Waals surface area contributed by atoms with Gasteiger partial charge in [-0.3, -0.25) is 9.69 Å². The summed E-state index contributed by atoms with van der Waals surface area (Å²) in [5, 5.41) is 3.26. The summed E-state index contributed by atoms with van der Waals surface area (Å²) < 4.78 is 4.92. The molecule has 19 heavy (non-hydrogen) atoms. The monoisotopic (exact) mass is 271 g/mol. The average Bonchev–Trinajstić information content (AvgIpc) is 2.37. The fourth-order valence-corrected chi connectivity index (χ4v) is 2.75. The first-order chi connectivity index (χ1) is 8.92. The van der Waals surface area contributed by atoms with E-state index in [2.05, 4.69) is 29.1 Å². The van der Waals surface area contributed by atoms with Gasteiger partial charge in [0.15, 0.2) is 0 Å². The number of carbonyl (C=O) groups excluding carboxylic acids is 1. The van der Waals surface area contributed by atoms with E-state index in [1.54, 1.807) is 0 Å². The zero-order valence-corrected chi connectivity index (χ0v) is 13.0. The van der Waals surface area contributed by atoms with E-state index in [1.165, 1.54) is 7.11 Å². The number of nitrogens with one attached hydrogen (secondary N) is 1. The van der Waals surface area contributed by atoms with E-state index < -0.39 is 5.54 Å². The number of carbonyl (C=O) groups is 1. The van der Waals surface area contributed by atoms with Crippen molar-refractivity contribution in [2.45, 2.75) is 38.8 Å². The van der Waals surface area contributed by atoms with Crippen LogP contribution in [0.4, 0.5) is 0 Å². The van der Waals surface area contributed by atoms with Crippen LogP contribution in [-0.2, 0) is 9.53 Å². The van der Waals surface area contributed by atoms with E-state index in [0.29, 0.717) is 6.04 Å². The summed E-state index contributed by atoms with van der Waals surface area (Å²) >= 11 is 0. The Morgan fingerprint density at radius 2 is 2.16 bits per heavy atom. The molecule has 1 aliphatic heterocycles. The Morgan fingerprint density at radius 3 is 2.68 bits per heavy atom. The Balaban J connectivity index is 2.54. The number of esters is 1. The molecule has 1 fully saturated rings. The van der Waals surface area contributed by atoms with E-state index in [4.69, 9.17) is 4.74 Å². The van der Waals surface area contributed by atoms with Gasteiger partial charge in [0.25, 0.3) is 0 Å². The molecule has 0 radical (unpaired) electrons. The van der Waals surface area contributed by atoms with Crippen molar-refractivity contribution in [1.82, 2.24) is 15.1 Å². The van der Waals surface area contributed by atoms with Gasteiger partial charge in [-0.2, -0.15) is 0 Å². The van der Waals surface area contributed by atoms with Crippen LogP contribution in [0.15, 0.2) is 0 Å². The lowest BCUT2D eigenvalue weighted by Gasteiger charge is -2.40. The number of likely N-dealkylation sites (N-methyl/N-ethyl adjacent to an activating group) is 2. The van der Waals surface area contributed by atoms with Crippen LogP contribution in [0.5, 0.6) is 0 Å². The van der Waals surface area contributed by atoms with Crippen molar-refractivity contribution in [3.63, 3.8) is 0 Å². The second-order valence-corrected chi connectivity index (χ2v) is 5.75. The first-order valence-electron chi connectivity index (χ1n) is 7.19. The largest absolute Gasteiger partial charge is 0.468 e. The Morgan fingerprint density at radius 1 is 1.47 bits per heavy atom. The van der Waals surface area contributed by atoms with Gasteiger partial charge in [0.1, 0.15) is 5.54 Å². The summed E-state index contributed by atoms with van der Waals surface area (Å²) in [5.74, 6) is -0.170. The molecule has 1 heterocycles. The molecule has 0 saturated carbocycles. The molecule has 5 nitrogen and oxygen atoms in total. The lowest BCUT2D eigenvalue weighted by molar-refractivity contribution is -0.148. The first-order valence-corrected chi connectivity index (χ1v) is 7.19. The average molecular weight is 271 g/mol. The maximum atomic E-state index is 11.9. The van der Waals surface area contributed by atoms with Crippen molar-refractivity contribution in [3.05, 3.63) is 0 Å². The highest BCUT2D eigenvalue weighted by Crippen LogP contribution is 2.16. The summed E-state index contributed by atoms with van der Waals surface area (Å²) in [5.41, 5.74) is -0.577. The molecule has 1 N–H and O–H groups in total. The number of methoxy groups -OCH3 is 1. The Labute approximate surface area is 117 Å². The minimum absolute atomic E-state index is 0.170. The first kappa shape index (κ1) is 16.4. The standard InChI is InChI=1S/C14H29N3O2/c1-6-15-14(3,13(18)19-5)7-8-17-10-9-16(4)11-12(17)2/h12,15H,6-11H2,1-5H3. The third kappa shape index (κ3) is 4.44. The maximum absolute atomic E-state index is 11.9. The van der Waals surface area contributed by atoms with Crippen LogP contribution in [0, 0.1) is 0 Å². The smallest absolute Gasteiger partial charge is 0.325 e. The minimum Gasteiger partial charge on any atom is -0.468 e. The molecule has 0 aromatic heterocycles. The number of rotatable bonds is 6. The van der Waals surface area contributed by atoms with Crippen molar-refractivity contribution in [2.75, 3.05) is 46.9 Å². The SMILES string of the molecule is CCNC(C)(CCN1CCN(C)CC1C)C(=O)OC. The van der Waals surface area contributed by atoms with E-state index in [9.17, 15) is 4.79 Å². The van der Waals surface area contributed by atoms with Gasteiger partial charge in [-0.05, 0) is 33.9 Å². The maximum Gasteiger partial charge on any atom is 0.325 e. The third-order valence-electron chi connectivity index (χ3n) is 4.07. The van der Waals surface area contributed by atoms with Gasteiger partial charge >= 0.3 is 5.97 Å². The fraction of sp³-hybridized carbons (Fsp3) is 0.929. The topological polar surface area (TPSA) is 44.8 Å². The van der Waals surface area contributed by atoms with Crippen molar-refractivity contribution in [2.24, 2.45) is 0 Å². The molecule has 5 heteroatoms. The normalized spacial score (nSPS) is 25.0. The predicted molar refractivity (Wildman–Crippen MR) is 77.2 cm³/mol. The van der Waals surface area contributed by atoms with Gasteiger partial charge < -0.3 is 15.0 Å². The van der Waals surface area contributed by atoms with Gasteiger partial charge in [-0.25, -0.2) is 0 Å². The van der Waals surface area contributed by atoms with Crippen LogP contribution in [0.3, 0.4) is 0 Å². The molecule has 1 aliphatic rings.